The largest absolute Gasteiger partial charge is 0.361 e. The highest BCUT2D eigenvalue weighted by Gasteiger charge is 2.35. The zero-order chi connectivity index (χ0) is 18.8. The van der Waals surface area contributed by atoms with E-state index in [2.05, 4.69) is 90.3 Å². The Kier molecular flexibility index (Phi) is 5.55. The molecule has 0 saturated heterocycles. The third-order valence-electron chi connectivity index (χ3n) is 5.73. The second-order valence-electron chi connectivity index (χ2n) is 7.90. The van der Waals surface area contributed by atoms with Crippen LogP contribution in [0.4, 0.5) is 5.69 Å². The molecule has 0 fully saturated rings. The summed E-state index contributed by atoms with van der Waals surface area (Å²) in [6.45, 7) is 2.23. The fraction of sp³-hybridized carbons (Fsp3) is 0.435. The summed E-state index contributed by atoms with van der Waals surface area (Å²) < 4.78 is 2.47. The smallest absolute Gasteiger partial charge is 0.188 e. The van der Waals surface area contributed by atoms with Gasteiger partial charge in [-0.1, -0.05) is 36.0 Å². The van der Waals surface area contributed by atoms with E-state index in [0.717, 1.165) is 25.9 Å². The molecule has 0 amide bonds. The van der Waals surface area contributed by atoms with Gasteiger partial charge in [-0.05, 0) is 44.6 Å². The van der Waals surface area contributed by atoms with Crippen LogP contribution >= 0.6 is 11.8 Å². The van der Waals surface area contributed by atoms with Crippen molar-refractivity contribution in [3.05, 3.63) is 59.8 Å². The van der Waals surface area contributed by atoms with Crippen LogP contribution in [0.25, 0.3) is 0 Å². The molecular formula is C23H30N3S+. The van der Waals surface area contributed by atoms with Crippen LogP contribution in [0.2, 0.25) is 0 Å². The Hall–Kier alpha value is -1.78. The van der Waals surface area contributed by atoms with Crippen molar-refractivity contribution < 1.29 is 4.58 Å². The van der Waals surface area contributed by atoms with Crippen LogP contribution in [0.3, 0.4) is 0 Å². The Morgan fingerprint density at radius 2 is 2.07 bits per heavy atom. The summed E-state index contributed by atoms with van der Waals surface area (Å²) in [5.41, 5.74) is 4.43. The highest BCUT2D eigenvalue weighted by Crippen LogP contribution is 2.46. The zero-order valence-corrected chi connectivity index (χ0v) is 17.5. The maximum absolute atomic E-state index is 2.47. The molecule has 1 aromatic carbocycles. The number of para-hydroxylation sites is 1. The molecule has 27 heavy (non-hydrogen) atoms. The van der Waals surface area contributed by atoms with E-state index in [-0.39, 0.29) is 0 Å². The number of rotatable bonds is 6. The highest BCUT2D eigenvalue weighted by molar-refractivity contribution is 8.00. The second-order valence-corrected chi connectivity index (χ2v) is 9.12. The van der Waals surface area contributed by atoms with Crippen molar-refractivity contribution in [2.24, 2.45) is 5.92 Å². The molecule has 4 heteroatoms. The van der Waals surface area contributed by atoms with Crippen LogP contribution in [-0.4, -0.2) is 55.3 Å². The molecule has 0 radical (unpaired) electrons. The Bertz CT molecular complexity index is 819. The predicted octanol–water partition coefficient (Wildman–Crippen LogP) is 4.38. The molecule has 0 spiro atoms. The van der Waals surface area contributed by atoms with Crippen LogP contribution in [0.15, 0.2) is 64.7 Å². The van der Waals surface area contributed by atoms with Gasteiger partial charge in [0.2, 0.25) is 0 Å². The number of nitrogens with zero attached hydrogens (tertiary/aromatic N) is 3. The van der Waals surface area contributed by atoms with Crippen molar-refractivity contribution in [3.8, 4) is 0 Å². The lowest BCUT2D eigenvalue weighted by Gasteiger charge is -2.28. The number of benzene rings is 1. The van der Waals surface area contributed by atoms with E-state index in [4.69, 9.17) is 0 Å². The van der Waals surface area contributed by atoms with E-state index in [0.29, 0.717) is 11.3 Å². The molecule has 2 aliphatic heterocycles. The van der Waals surface area contributed by atoms with Gasteiger partial charge < -0.3 is 9.80 Å². The SMILES string of the molecule is CN(C)CCC[N+]1=CC=C(CC2Sc3ccccc3N2C)C2CC=CC=C21. The van der Waals surface area contributed by atoms with Gasteiger partial charge in [-0.25, -0.2) is 4.58 Å². The zero-order valence-electron chi connectivity index (χ0n) is 16.6. The lowest BCUT2D eigenvalue weighted by atomic mass is 9.85. The topological polar surface area (TPSA) is 9.49 Å². The molecule has 3 aliphatic rings. The summed E-state index contributed by atoms with van der Waals surface area (Å²) in [7, 11) is 6.54. The van der Waals surface area contributed by atoms with Crippen LogP contribution in [-0.2, 0) is 0 Å². The Morgan fingerprint density at radius 1 is 1.22 bits per heavy atom. The van der Waals surface area contributed by atoms with Crippen molar-refractivity contribution in [3.63, 3.8) is 0 Å². The van der Waals surface area contributed by atoms with E-state index < -0.39 is 0 Å². The van der Waals surface area contributed by atoms with E-state index in [9.17, 15) is 0 Å². The normalized spacial score (nSPS) is 23.7. The maximum Gasteiger partial charge on any atom is 0.188 e. The van der Waals surface area contributed by atoms with Gasteiger partial charge in [0, 0.05) is 37.1 Å². The van der Waals surface area contributed by atoms with Crippen molar-refractivity contribution in [1.82, 2.24) is 4.90 Å². The monoisotopic (exact) mass is 380 g/mol. The minimum absolute atomic E-state index is 0.495. The molecule has 0 saturated carbocycles. The first-order chi connectivity index (χ1) is 13.1. The average Bonchev–Trinajstić information content (AvgIpc) is 2.99. The van der Waals surface area contributed by atoms with Crippen LogP contribution < -0.4 is 4.90 Å². The highest BCUT2D eigenvalue weighted by atomic mass is 32.2. The van der Waals surface area contributed by atoms with Crippen LogP contribution in [0, 0.1) is 5.92 Å². The summed E-state index contributed by atoms with van der Waals surface area (Å²) in [5, 5.41) is 0.495. The lowest BCUT2D eigenvalue weighted by molar-refractivity contribution is -0.480. The van der Waals surface area contributed by atoms with E-state index in [1.807, 2.05) is 11.8 Å². The molecule has 3 nitrogen and oxygen atoms in total. The maximum atomic E-state index is 2.47. The Labute approximate surface area is 167 Å². The number of anilines is 1. The van der Waals surface area contributed by atoms with E-state index in [1.165, 1.54) is 22.7 Å². The molecule has 2 heterocycles. The van der Waals surface area contributed by atoms with Gasteiger partial charge in [-0.3, -0.25) is 0 Å². The minimum atomic E-state index is 0.495. The van der Waals surface area contributed by atoms with Crippen molar-refractivity contribution in [2.45, 2.75) is 29.5 Å². The fourth-order valence-electron chi connectivity index (χ4n) is 4.22. The predicted molar refractivity (Wildman–Crippen MR) is 117 cm³/mol. The third-order valence-corrected chi connectivity index (χ3v) is 7.09. The molecule has 0 N–H and O–H groups in total. The molecule has 0 aromatic heterocycles. The van der Waals surface area contributed by atoms with Gasteiger partial charge in [0.25, 0.3) is 0 Å². The van der Waals surface area contributed by atoms with Gasteiger partial charge >= 0.3 is 0 Å². The average molecular weight is 381 g/mol. The molecule has 142 valence electrons. The van der Waals surface area contributed by atoms with Crippen LogP contribution in [0.5, 0.6) is 0 Å². The molecule has 1 aliphatic carbocycles. The van der Waals surface area contributed by atoms with Gasteiger partial charge in [-0.2, -0.15) is 0 Å². The minimum Gasteiger partial charge on any atom is -0.361 e. The van der Waals surface area contributed by atoms with E-state index >= 15 is 0 Å². The molecule has 2 atom stereocenters. The Morgan fingerprint density at radius 3 is 2.89 bits per heavy atom. The third kappa shape index (κ3) is 3.92. The molecule has 2 unspecified atom stereocenters. The van der Waals surface area contributed by atoms with Crippen molar-refractivity contribution >= 4 is 23.7 Å². The summed E-state index contributed by atoms with van der Waals surface area (Å²) in [4.78, 5) is 6.13. The quantitative estimate of drug-likeness (QED) is 0.678. The molecular weight excluding hydrogens is 350 g/mol. The summed E-state index contributed by atoms with van der Waals surface area (Å²) in [5.74, 6) is 0.539. The first kappa shape index (κ1) is 18.6. The fourth-order valence-corrected chi connectivity index (χ4v) is 5.55. The molecule has 1 aromatic rings. The Balaban J connectivity index is 1.50. The second kappa shape index (κ2) is 8.07. The van der Waals surface area contributed by atoms with Gasteiger partial charge in [0.15, 0.2) is 11.9 Å². The first-order valence-corrected chi connectivity index (χ1v) is 10.8. The van der Waals surface area contributed by atoms with Gasteiger partial charge in [0.05, 0.1) is 17.0 Å². The summed E-state index contributed by atoms with van der Waals surface area (Å²) in [6.07, 6.45) is 15.0. The summed E-state index contributed by atoms with van der Waals surface area (Å²) in [6, 6.07) is 8.78. The van der Waals surface area contributed by atoms with Crippen LogP contribution in [0.1, 0.15) is 19.3 Å². The number of allylic oxidation sites excluding steroid dienone is 5. The van der Waals surface area contributed by atoms with Gasteiger partial charge in [0.1, 0.15) is 6.54 Å². The van der Waals surface area contributed by atoms with Crippen molar-refractivity contribution in [2.75, 3.05) is 39.1 Å². The lowest BCUT2D eigenvalue weighted by Crippen LogP contribution is -2.31. The molecule has 0 bridgehead atoms. The number of thioether (sulfide) groups is 1. The van der Waals surface area contributed by atoms with Gasteiger partial charge in [-0.15, -0.1) is 0 Å². The molecule has 4 rings (SSSR count). The summed E-state index contributed by atoms with van der Waals surface area (Å²) >= 11 is 2.01. The number of hydrogen-bond donors (Lipinski definition) is 0. The standard InChI is InChI=1S/C23H30N3S/c1-24(2)14-8-15-26-16-13-18(19-9-4-5-10-20(19)26)17-23-25(3)21-11-6-7-12-22(21)27-23/h4-7,10-13,16,19,23H,8-9,14-15,17H2,1-3H3/q+1. The van der Waals surface area contributed by atoms with E-state index in [1.54, 1.807) is 5.57 Å². The van der Waals surface area contributed by atoms with Crippen molar-refractivity contribution in [1.29, 1.82) is 0 Å². The number of fused-ring (bicyclic) bond motifs is 2. The number of hydrogen-bond acceptors (Lipinski definition) is 3. The first-order valence-electron chi connectivity index (χ1n) is 9.94.